The van der Waals surface area contributed by atoms with Gasteiger partial charge in [-0.25, -0.2) is 4.39 Å². The van der Waals surface area contributed by atoms with Crippen LogP contribution in [-0.4, -0.2) is 80.8 Å². The average Bonchev–Trinajstić information content (AvgIpc) is 2.82. The third-order valence-electron chi connectivity index (χ3n) is 8.23. The van der Waals surface area contributed by atoms with Crippen LogP contribution in [0, 0.1) is 11.2 Å². The van der Waals surface area contributed by atoms with Crippen LogP contribution in [0.3, 0.4) is 0 Å². The first-order valence-electron chi connectivity index (χ1n) is 12.9. The normalized spacial score (nSPS) is 21.2. The summed E-state index contributed by atoms with van der Waals surface area (Å²) in [6.45, 7) is 10.4. The molecular weight excluding hydrogens is 459 g/mol. The lowest BCUT2D eigenvalue weighted by molar-refractivity contribution is -0.185. The minimum absolute atomic E-state index is 0.0150. The molecule has 0 unspecified atom stereocenters. The molecule has 7 nitrogen and oxygen atoms in total. The maximum atomic E-state index is 15.2. The summed E-state index contributed by atoms with van der Waals surface area (Å²) in [5, 5.41) is 9.11. The number of piperidine rings is 1. The number of halogens is 1. The third-order valence-corrected chi connectivity index (χ3v) is 8.23. The van der Waals surface area contributed by atoms with Crippen LogP contribution in [0.15, 0.2) is 40.7 Å². The number of hydrogen-bond acceptors (Lipinski definition) is 7. The molecule has 8 heteroatoms. The van der Waals surface area contributed by atoms with Gasteiger partial charge in [-0.3, -0.25) is 4.99 Å². The molecule has 0 radical (unpaired) electrons. The number of aliphatic hydroxyl groups is 1. The first-order valence-corrected chi connectivity index (χ1v) is 12.9. The Bertz CT molecular complexity index is 1000. The number of aliphatic hydroxyl groups excluding tert-OH is 1. The molecule has 1 aromatic rings. The maximum absolute atomic E-state index is 15.2. The van der Waals surface area contributed by atoms with Gasteiger partial charge in [-0.2, -0.15) is 0 Å². The van der Waals surface area contributed by atoms with E-state index in [9.17, 15) is 0 Å². The Kier molecular flexibility index (Phi) is 8.37. The Morgan fingerprint density at radius 1 is 1.36 bits per heavy atom. The van der Waals surface area contributed by atoms with E-state index in [1.54, 1.807) is 24.3 Å². The van der Waals surface area contributed by atoms with Gasteiger partial charge >= 0.3 is 0 Å². The van der Waals surface area contributed by atoms with Crippen molar-refractivity contribution in [2.24, 2.45) is 16.1 Å². The van der Waals surface area contributed by atoms with Crippen LogP contribution in [0.2, 0.25) is 0 Å². The van der Waals surface area contributed by atoms with E-state index in [1.165, 1.54) is 12.8 Å². The summed E-state index contributed by atoms with van der Waals surface area (Å²) < 4.78 is 26.2. The molecule has 1 spiro atoms. The van der Waals surface area contributed by atoms with Crippen molar-refractivity contribution in [3.63, 3.8) is 0 Å². The van der Waals surface area contributed by atoms with E-state index in [4.69, 9.17) is 20.3 Å². The largest absolute Gasteiger partial charge is 0.496 e. The fourth-order valence-electron chi connectivity index (χ4n) is 5.69. The van der Waals surface area contributed by atoms with Crippen molar-refractivity contribution < 1.29 is 19.0 Å². The van der Waals surface area contributed by atoms with Gasteiger partial charge in [0.05, 0.1) is 50.4 Å². The quantitative estimate of drug-likeness (QED) is 0.378. The molecule has 0 atom stereocenters. The second-order valence-electron chi connectivity index (χ2n) is 10.7. The third kappa shape index (κ3) is 5.61. The van der Waals surface area contributed by atoms with Crippen LogP contribution in [0.5, 0.6) is 5.75 Å². The van der Waals surface area contributed by atoms with Gasteiger partial charge in [0.15, 0.2) is 0 Å². The predicted octanol–water partition coefficient (Wildman–Crippen LogP) is 3.43. The summed E-state index contributed by atoms with van der Waals surface area (Å²) in [6, 6.07) is 4.35. The van der Waals surface area contributed by atoms with Crippen LogP contribution in [-0.2, 0) is 11.3 Å². The van der Waals surface area contributed by atoms with Gasteiger partial charge < -0.3 is 30.1 Å². The van der Waals surface area contributed by atoms with Crippen molar-refractivity contribution in [2.75, 3.05) is 53.6 Å². The summed E-state index contributed by atoms with van der Waals surface area (Å²) >= 11 is 0. The predicted molar refractivity (Wildman–Crippen MR) is 141 cm³/mol. The summed E-state index contributed by atoms with van der Waals surface area (Å²) in [5.41, 5.74) is 9.96. The Balaban J connectivity index is 1.36. The van der Waals surface area contributed by atoms with E-state index in [-0.39, 0.29) is 19.0 Å². The van der Waals surface area contributed by atoms with Crippen LogP contribution >= 0.6 is 0 Å². The van der Waals surface area contributed by atoms with E-state index in [1.807, 2.05) is 20.0 Å². The number of nitrogens with two attached hydrogens (primary N) is 1. The van der Waals surface area contributed by atoms with Gasteiger partial charge in [-0.1, -0.05) is 6.58 Å². The molecule has 3 N–H and O–H groups in total. The SMILES string of the molecule is C=C(/C(N)=C(\C)C=NCc1c(F)cc(C2CCN(C3CC4(COC4)C3)CC2)cc1OC)N(C)CCO. The van der Waals surface area contributed by atoms with Crippen LogP contribution in [0.4, 0.5) is 4.39 Å². The monoisotopic (exact) mass is 500 g/mol. The van der Waals surface area contributed by atoms with Crippen LogP contribution in [0.1, 0.15) is 49.7 Å². The lowest BCUT2D eigenvalue weighted by atomic mass is 9.63. The number of rotatable bonds is 10. The van der Waals surface area contributed by atoms with E-state index in [0.717, 1.165) is 50.3 Å². The molecule has 3 fully saturated rings. The first kappa shape index (κ1) is 26.6. The van der Waals surface area contributed by atoms with Gasteiger partial charge in [0.25, 0.3) is 0 Å². The number of nitrogens with zero attached hydrogens (tertiary/aromatic N) is 3. The number of methoxy groups -OCH3 is 1. The van der Waals surface area contributed by atoms with Gasteiger partial charge in [0.2, 0.25) is 0 Å². The number of benzene rings is 1. The number of allylic oxidation sites excluding steroid dienone is 1. The minimum Gasteiger partial charge on any atom is -0.496 e. The van der Waals surface area contributed by atoms with Gasteiger partial charge in [-0.05, 0) is 74.9 Å². The standard InChI is InChI=1S/C28H41FN4O3/c1-19(27(30)20(2)32(3)9-10-34)15-31-16-24-25(29)11-22(12-26(24)35-4)21-5-7-33(8-6-21)23-13-28(14-23)17-36-18-28/h11-12,15,21,23,34H,2,5-10,13-14,16-18,30H2,1,3-4H3/b27-19-,31-15?. The number of likely N-dealkylation sites (N-methyl/N-ethyl adjacent to an activating group) is 1. The zero-order valence-electron chi connectivity index (χ0n) is 21.9. The Hall–Kier alpha value is -2.42. The molecule has 2 heterocycles. The van der Waals surface area contributed by atoms with Crippen molar-refractivity contribution in [2.45, 2.75) is 51.1 Å². The molecule has 36 heavy (non-hydrogen) atoms. The average molecular weight is 501 g/mol. The smallest absolute Gasteiger partial charge is 0.132 e. The highest BCUT2D eigenvalue weighted by Crippen LogP contribution is 2.49. The molecule has 1 saturated carbocycles. The minimum atomic E-state index is -0.281. The molecule has 2 aliphatic heterocycles. The second-order valence-corrected chi connectivity index (χ2v) is 10.7. The number of ether oxygens (including phenoxy) is 2. The molecule has 198 valence electrons. The fourth-order valence-corrected chi connectivity index (χ4v) is 5.69. The molecule has 0 amide bonds. The molecular formula is C28H41FN4O3. The van der Waals surface area contributed by atoms with Gasteiger partial charge in [0.1, 0.15) is 11.6 Å². The summed E-state index contributed by atoms with van der Waals surface area (Å²) in [6.07, 6.45) is 6.25. The summed E-state index contributed by atoms with van der Waals surface area (Å²) in [5.74, 6) is 0.601. The summed E-state index contributed by atoms with van der Waals surface area (Å²) in [4.78, 5) is 8.83. The topological polar surface area (TPSA) is 83.5 Å². The van der Waals surface area contributed by atoms with E-state index in [0.29, 0.717) is 46.6 Å². The molecule has 1 aromatic carbocycles. The maximum Gasteiger partial charge on any atom is 0.132 e. The van der Waals surface area contributed by atoms with Crippen molar-refractivity contribution in [1.29, 1.82) is 0 Å². The lowest BCUT2D eigenvalue weighted by Gasteiger charge is -2.57. The molecule has 4 rings (SSSR count). The van der Waals surface area contributed by atoms with E-state index >= 15 is 4.39 Å². The fraction of sp³-hybridized carbons (Fsp3) is 0.607. The molecule has 3 aliphatic rings. The number of likely N-dealkylation sites (tertiary alicyclic amines) is 1. The van der Waals surface area contributed by atoms with Crippen molar-refractivity contribution >= 4 is 6.21 Å². The van der Waals surface area contributed by atoms with Crippen LogP contribution in [0.25, 0.3) is 0 Å². The van der Waals surface area contributed by atoms with E-state index in [2.05, 4.69) is 16.5 Å². The van der Waals surface area contributed by atoms with Crippen molar-refractivity contribution in [1.82, 2.24) is 9.80 Å². The van der Waals surface area contributed by atoms with E-state index < -0.39 is 0 Å². The first-order chi connectivity index (χ1) is 17.3. The van der Waals surface area contributed by atoms with Crippen LogP contribution < -0.4 is 10.5 Å². The Morgan fingerprint density at radius 3 is 2.64 bits per heavy atom. The number of aliphatic imine (C=N–C) groups is 1. The van der Waals surface area contributed by atoms with Gasteiger partial charge in [0, 0.05) is 31.3 Å². The molecule has 1 aliphatic carbocycles. The van der Waals surface area contributed by atoms with Gasteiger partial charge in [-0.15, -0.1) is 0 Å². The highest BCUT2D eigenvalue weighted by atomic mass is 19.1. The highest BCUT2D eigenvalue weighted by Gasteiger charge is 2.51. The highest BCUT2D eigenvalue weighted by molar-refractivity contribution is 5.79. The molecule has 0 aromatic heterocycles. The number of hydrogen-bond donors (Lipinski definition) is 2. The van der Waals surface area contributed by atoms with Crippen molar-refractivity contribution in [3.8, 4) is 5.75 Å². The molecule has 2 saturated heterocycles. The Morgan fingerprint density at radius 2 is 2.06 bits per heavy atom. The lowest BCUT2D eigenvalue weighted by Crippen LogP contribution is -2.60. The summed E-state index contributed by atoms with van der Waals surface area (Å²) in [7, 11) is 3.39. The zero-order chi connectivity index (χ0) is 25.9. The van der Waals surface area contributed by atoms with Crippen molar-refractivity contribution in [3.05, 3.63) is 52.6 Å². The molecule has 0 bridgehead atoms. The Labute approximate surface area is 214 Å². The second kappa shape index (κ2) is 11.3. The zero-order valence-corrected chi connectivity index (χ0v) is 21.9.